The number of benzene rings is 1. The summed E-state index contributed by atoms with van der Waals surface area (Å²) < 4.78 is 6.13. The molecule has 2 atom stereocenters. The third-order valence-electron chi connectivity index (χ3n) is 5.91. The van der Waals surface area contributed by atoms with Crippen molar-refractivity contribution < 1.29 is 9.84 Å². The van der Waals surface area contributed by atoms with E-state index >= 15 is 0 Å². The van der Waals surface area contributed by atoms with Gasteiger partial charge in [0.15, 0.2) is 5.96 Å². The van der Waals surface area contributed by atoms with Crippen molar-refractivity contribution in [2.75, 3.05) is 50.8 Å². The maximum atomic E-state index is 10.1. The second-order valence-corrected chi connectivity index (χ2v) is 9.22. The lowest BCUT2D eigenvalue weighted by Gasteiger charge is -2.40. The summed E-state index contributed by atoms with van der Waals surface area (Å²) in [5.74, 6) is 1.83. The molecule has 2 aliphatic heterocycles. The van der Waals surface area contributed by atoms with Crippen LogP contribution < -0.4 is 10.2 Å². The number of rotatable bonds is 4. The molecule has 2 heterocycles. The second-order valence-electron chi connectivity index (χ2n) is 9.22. The first-order valence-corrected chi connectivity index (χ1v) is 11.1. The average molecular weight is 530 g/mol. The van der Waals surface area contributed by atoms with Gasteiger partial charge in [-0.05, 0) is 37.3 Å². The zero-order chi connectivity index (χ0) is 20.9. The van der Waals surface area contributed by atoms with E-state index in [1.54, 1.807) is 6.07 Å². The zero-order valence-corrected chi connectivity index (χ0v) is 21.3. The first kappa shape index (κ1) is 25.0. The highest BCUT2D eigenvalue weighted by Crippen LogP contribution is 2.34. The predicted molar refractivity (Wildman–Crippen MR) is 135 cm³/mol. The Morgan fingerprint density at radius 1 is 1.20 bits per heavy atom. The Morgan fingerprint density at radius 3 is 2.53 bits per heavy atom. The minimum atomic E-state index is 0. The van der Waals surface area contributed by atoms with Crippen LogP contribution in [0.15, 0.2) is 29.3 Å². The number of anilines is 1. The number of phenolic OH excluding ortho intramolecular Hbond substituents is 1. The molecule has 0 aromatic heterocycles. The van der Waals surface area contributed by atoms with Crippen molar-refractivity contribution in [1.82, 2.24) is 10.2 Å². The number of guanidine groups is 1. The lowest BCUT2D eigenvalue weighted by atomic mass is 9.78. The van der Waals surface area contributed by atoms with Crippen LogP contribution in [0.4, 0.5) is 5.69 Å². The topological polar surface area (TPSA) is 60.3 Å². The zero-order valence-electron chi connectivity index (χ0n) is 18.9. The summed E-state index contributed by atoms with van der Waals surface area (Å²) in [6, 6.07) is 7.58. The number of aromatic hydroxyl groups is 1. The molecule has 2 N–H and O–H groups in total. The molecule has 2 unspecified atom stereocenters. The number of nitrogens with zero attached hydrogens (tertiary/aromatic N) is 3. The van der Waals surface area contributed by atoms with E-state index in [-0.39, 0.29) is 35.5 Å². The van der Waals surface area contributed by atoms with E-state index in [1.807, 2.05) is 18.2 Å². The number of ether oxygens (including phenoxy) is 1. The van der Waals surface area contributed by atoms with Crippen LogP contribution in [-0.4, -0.2) is 67.9 Å². The lowest BCUT2D eigenvalue weighted by Crippen LogP contribution is -2.53. The van der Waals surface area contributed by atoms with Gasteiger partial charge in [0.25, 0.3) is 0 Å². The number of hydrogen-bond donors (Lipinski definition) is 2. The van der Waals surface area contributed by atoms with Gasteiger partial charge in [-0.2, -0.15) is 0 Å². The maximum absolute atomic E-state index is 10.1. The van der Waals surface area contributed by atoms with Crippen molar-refractivity contribution >= 4 is 35.6 Å². The third-order valence-corrected chi connectivity index (χ3v) is 5.91. The van der Waals surface area contributed by atoms with E-state index in [0.29, 0.717) is 11.7 Å². The van der Waals surface area contributed by atoms with E-state index in [2.05, 4.69) is 42.8 Å². The van der Waals surface area contributed by atoms with Gasteiger partial charge in [0.1, 0.15) is 5.75 Å². The van der Waals surface area contributed by atoms with Crippen LogP contribution in [0.5, 0.6) is 5.75 Å². The number of halogens is 1. The summed E-state index contributed by atoms with van der Waals surface area (Å²) in [6.45, 7) is 15.0. The highest BCUT2D eigenvalue weighted by atomic mass is 127. The second kappa shape index (κ2) is 11.4. The molecule has 2 fully saturated rings. The Bertz CT molecular complexity index is 684. The van der Waals surface area contributed by atoms with Gasteiger partial charge in [-0.15, -0.1) is 24.0 Å². The molecule has 0 radical (unpaired) electrons. The van der Waals surface area contributed by atoms with Crippen molar-refractivity contribution in [3.8, 4) is 5.75 Å². The molecule has 170 valence electrons. The molecule has 2 saturated heterocycles. The number of para-hydroxylation sites is 2. The molecule has 6 nitrogen and oxygen atoms in total. The largest absolute Gasteiger partial charge is 0.506 e. The summed E-state index contributed by atoms with van der Waals surface area (Å²) in [7, 11) is 0. The normalized spacial score (nSPS) is 23.1. The average Bonchev–Trinajstić information content (AvgIpc) is 2.71. The summed E-state index contributed by atoms with van der Waals surface area (Å²) in [5, 5.41) is 13.6. The standard InChI is InChI=1S/C23H38N4O2.HI/c1-5-24-22(25-17-18-9-8-16-29-21(18)23(2,3)4)27-14-12-26(13-15-27)19-10-6-7-11-20(19)28;/h6-7,10-11,18,21,28H,5,8-9,12-17H2,1-4H3,(H,24,25);1H. The lowest BCUT2D eigenvalue weighted by molar-refractivity contribution is -0.0824. The smallest absolute Gasteiger partial charge is 0.194 e. The highest BCUT2D eigenvalue weighted by molar-refractivity contribution is 14.0. The first-order chi connectivity index (χ1) is 13.9. The van der Waals surface area contributed by atoms with Crippen LogP contribution in [-0.2, 0) is 4.74 Å². The quantitative estimate of drug-likeness (QED) is 0.351. The van der Waals surface area contributed by atoms with Crippen molar-refractivity contribution in [3.05, 3.63) is 24.3 Å². The van der Waals surface area contributed by atoms with E-state index < -0.39 is 0 Å². The molecule has 1 aromatic rings. The van der Waals surface area contributed by atoms with Gasteiger partial charge in [0.05, 0.1) is 11.8 Å². The predicted octanol–water partition coefficient (Wildman–Crippen LogP) is 3.94. The molecule has 2 aliphatic rings. The van der Waals surface area contributed by atoms with Gasteiger partial charge in [0, 0.05) is 51.8 Å². The molecule has 0 bridgehead atoms. The van der Waals surface area contributed by atoms with Crippen molar-refractivity contribution in [3.63, 3.8) is 0 Å². The van der Waals surface area contributed by atoms with Gasteiger partial charge < -0.3 is 25.0 Å². The van der Waals surface area contributed by atoms with Crippen LogP contribution in [0, 0.1) is 11.3 Å². The summed E-state index contributed by atoms with van der Waals surface area (Å²) >= 11 is 0. The number of hydrogen-bond acceptors (Lipinski definition) is 4. The fourth-order valence-electron chi connectivity index (χ4n) is 4.51. The Kier molecular flexibility index (Phi) is 9.53. The molecule has 0 saturated carbocycles. The molecule has 0 amide bonds. The molecular weight excluding hydrogens is 491 g/mol. The minimum absolute atomic E-state index is 0. The number of piperazine rings is 1. The van der Waals surface area contributed by atoms with Gasteiger partial charge in [-0.1, -0.05) is 32.9 Å². The van der Waals surface area contributed by atoms with E-state index in [9.17, 15) is 5.11 Å². The summed E-state index contributed by atoms with van der Waals surface area (Å²) in [4.78, 5) is 9.62. The number of nitrogens with one attached hydrogen (secondary N) is 1. The highest BCUT2D eigenvalue weighted by Gasteiger charge is 2.35. The van der Waals surface area contributed by atoms with E-state index in [0.717, 1.165) is 63.9 Å². The molecule has 0 aliphatic carbocycles. The molecular formula is C23H39IN4O2. The van der Waals surface area contributed by atoms with Crippen molar-refractivity contribution in [2.45, 2.75) is 46.6 Å². The Morgan fingerprint density at radius 2 is 1.90 bits per heavy atom. The number of phenols is 1. The first-order valence-electron chi connectivity index (χ1n) is 11.1. The molecule has 3 rings (SSSR count). The van der Waals surface area contributed by atoms with Crippen LogP contribution in [0.2, 0.25) is 0 Å². The van der Waals surface area contributed by atoms with Gasteiger partial charge in [0.2, 0.25) is 0 Å². The van der Waals surface area contributed by atoms with Crippen LogP contribution in [0.3, 0.4) is 0 Å². The van der Waals surface area contributed by atoms with Crippen LogP contribution in [0.1, 0.15) is 40.5 Å². The third kappa shape index (κ3) is 6.39. The number of aliphatic imine (C=N–C) groups is 1. The van der Waals surface area contributed by atoms with Crippen LogP contribution >= 0.6 is 24.0 Å². The van der Waals surface area contributed by atoms with Gasteiger partial charge in [-0.25, -0.2) is 0 Å². The Hall–Kier alpha value is -1.22. The monoisotopic (exact) mass is 530 g/mol. The SMILES string of the molecule is CCNC(=NCC1CCCOC1C(C)(C)C)N1CCN(c2ccccc2O)CC1.I. The molecule has 1 aromatic carbocycles. The Labute approximate surface area is 199 Å². The van der Waals surface area contributed by atoms with Gasteiger partial charge >= 0.3 is 0 Å². The van der Waals surface area contributed by atoms with Crippen LogP contribution in [0.25, 0.3) is 0 Å². The van der Waals surface area contributed by atoms with Crippen molar-refractivity contribution in [2.24, 2.45) is 16.3 Å². The minimum Gasteiger partial charge on any atom is -0.506 e. The molecule has 7 heteroatoms. The fourth-order valence-corrected chi connectivity index (χ4v) is 4.51. The molecule has 0 spiro atoms. The van der Waals surface area contributed by atoms with E-state index in [4.69, 9.17) is 9.73 Å². The van der Waals surface area contributed by atoms with E-state index in [1.165, 1.54) is 6.42 Å². The van der Waals surface area contributed by atoms with Gasteiger partial charge in [-0.3, -0.25) is 4.99 Å². The maximum Gasteiger partial charge on any atom is 0.194 e. The fraction of sp³-hybridized carbons (Fsp3) is 0.696. The summed E-state index contributed by atoms with van der Waals surface area (Å²) in [5.41, 5.74) is 1.06. The molecule has 30 heavy (non-hydrogen) atoms. The Balaban J connectivity index is 0.00000320. The summed E-state index contributed by atoms with van der Waals surface area (Å²) in [6.07, 6.45) is 2.58. The van der Waals surface area contributed by atoms with Crippen molar-refractivity contribution in [1.29, 1.82) is 0 Å².